The summed E-state index contributed by atoms with van der Waals surface area (Å²) in [6.07, 6.45) is 2.60. The average Bonchev–Trinajstić information content (AvgIpc) is 2.60. The summed E-state index contributed by atoms with van der Waals surface area (Å²) in [7, 11) is 0. The number of pyridine rings is 1. The van der Waals surface area contributed by atoms with Gasteiger partial charge in [0.15, 0.2) is 0 Å². The van der Waals surface area contributed by atoms with Crippen molar-refractivity contribution >= 4 is 17.6 Å². The second-order valence-corrected chi connectivity index (χ2v) is 5.12. The third kappa shape index (κ3) is 2.29. The van der Waals surface area contributed by atoms with Crippen molar-refractivity contribution in [2.45, 2.75) is 31.9 Å². The number of halogens is 2. The molecule has 0 bridgehead atoms. The van der Waals surface area contributed by atoms with Crippen molar-refractivity contribution in [3.8, 4) is 0 Å². The summed E-state index contributed by atoms with van der Waals surface area (Å²) in [5.74, 6) is -1.99. The van der Waals surface area contributed by atoms with Crippen molar-refractivity contribution in [2.75, 3.05) is 10.8 Å². The molecule has 0 fully saturated rings. The van der Waals surface area contributed by atoms with Gasteiger partial charge in [-0.05, 0) is 17.5 Å². The average molecular weight is 244 g/mol. The summed E-state index contributed by atoms with van der Waals surface area (Å²) in [5.41, 5.74) is 2.88. The smallest absolute Gasteiger partial charge is 0.302 e. The molecule has 0 aromatic carbocycles. The molecule has 16 heavy (non-hydrogen) atoms. The summed E-state index contributed by atoms with van der Waals surface area (Å²) >= 11 is 0.585. The van der Waals surface area contributed by atoms with Crippen LogP contribution in [0.15, 0.2) is 12.3 Å². The van der Waals surface area contributed by atoms with Crippen LogP contribution in [0.1, 0.15) is 31.0 Å². The van der Waals surface area contributed by atoms with E-state index >= 15 is 0 Å². The van der Waals surface area contributed by atoms with Crippen LogP contribution in [0.4, 0.5) is 14.5 Å². The monoisotopic (exact) mass is 244 g/mol. The van der Waals surface area contributed by atoms with E-state index in [0.29, 0.717) is 24.4 Å². The van der Waals surface area contributed by atoms with Crippen LogP contribution in [0.25, 0.3) is 0 Å². The lowest BCUT2D eigenvalue weighted by atomic mass is 10.1. The molecule has 1 aliphatic heterocycles. The zero-order chi connectivity index (χ0) is 11.7. The molecule has 0 radical (unpaired) electrons. The highest BCUT2D eigenvalue weighted by molar-refractivity contribution is 8.00. The Morgan fingerprint density at radius 3 is 2.81 bits per heavy atom. The van der Waals surface area contributed by atoms with Crippen LogP contribution < -0.4 is 4.31 Å². The lowest BCUT2D eigenvalue weighted by molar-refractivity contribution is 0.252. The van der Waals surface area contributed by atoms with Gasteiger partial charge in [-0.25, -0.2) is 0 Å². The standard InChI is InChI=1S/C11H14F2N2S/c1-7(2)8-5-10-9(14-6-8)3-4-15(10)16-11(12)13/h5-7,11H,3-4H2,1-2H3. The first-order valence-corrected chi connectivity index (χ1v) is 6.13. The Hall–Kier alpha value is -0.840. The van der Waals surface area contributed by atoms with E-state index in [2.05, 4.69) is 18.8 Å². The van der Waals surface area contributed by atoms with Gasteiger partial charge in [0.25, 0.3) is 0 Å². The van der Waals surface area contributed by atoms with E-state index in [9.17, 15) is 8.78 Å². The molecule has 0 saturated carbocycles. The van der Waals surface area contributed by atoms with Crippen LogP contribution in [0, 0.1) is 0 Å². The number of alkyl halides is 2. The summed E-state index contributed by atoms with van der Waals surface area (Å²) in [6.45, 7) is 4.77. The maximum absolute atomic E-state index is 12.3. The summed E-state index contributed by atoms with van der Waals surface area (Å²) in [4.78, 5) is 4.34. The molecular weight excluding hydrogens is 230 g/mol. The minimum atomic E-state index is -2.37. The Morgan fingerprint density at radius 2 is 2.19 bits per heavy atom. The number of fused-ring (bicyclic) bond motifs is 1. The molecule has 2 nitrogen and oxygen atoms in total. The topological polar surface area (TPSA) is 16.1 Å². The predicted octanol–water partition coefficient (Wildman–Crippen LogP) is 3.44. The Kier molecular flexibility index (Phi) is 3.33. The first-order chi connectivity index (χ1) is 7.58. The maximum atomic E-state index is 12.3. The van der Waals surface area contributed by atoms with Gasteiger partial charge in [0.05, 0.1) is 11.4 Å². The van der Waals surface area contributed by atoms with E-state index in [-0.39, 0.29) is 0 Å². The number of rotatable bonds is 3. The highest BCUT2D eigenvalue weighted by atomic mass is 32.2. The van der Waals surface area contributed by atoms with Gasteiger partial charge in [-0.1, -0.05) is 13.8 Å². The molecule has 0 spiro atoms. The minimum Gasteiger partial charge on any atom is -0.309 e. The molecule has 0 atom stereocenters. The second-order valence-electron chi connectivity index (χ2n) is 4.11. The quantitative estimate of drug-likeness (QED) is 0.758. The Morgan fingerprint density at radius 1 is 1.44 bits per heavy atom. The van der Waals surface area contributed by atoms with E-state index < -0.39 is 5.76 Å². The molecule has 1 aromatic heterocycles. The molecule has 0 amide bonds. The van der Waals surface area contributed by atoms with E-state index in [4.69, 9.17) is 0 Å². The lowest BCUT2D eigenvalue weighted by Crippen LogP contribution is -2.13. The van der Waals surface area contributed by atoms with Gasteiger partial charge in [0, 0.05) is 31.1 Å². The Balaban J connectivity index is 2.26. The third-order valence-electron chi connectivity index (χ3n) is 2.66. The highest BCUT2D eigenvalue weighted by Gasteiger charge is 2.24. The molecular formula is C11H14F2N2S. The zero-order valence-corrected chi connectivity index (χ0v) is 10.1. The second kappa shape index (κ2) is 4.57. The summed E-state index contributed by atoms with van der Waals surface area (Å²) in [5, 5.41) is 0. The highest BCUT2D eigenvalue weighted by Crippen LogP contribution is 2.35. The fourth-order valence-electron chi connectivity index (χ4n) is 1.75. The molecule has 0 unspecified atom stereocenters. The third-order valence-corrected chi connectivity index (χ3v) is 3.46. The van der Waals surface area contributed by atoms with E-state index in [0.717, 1.165) is 23.4 Å². The van der Waals surface area contributed by atoms with Gasteiger partial charge >= 0.3 is 5.76 Å². The van der Waals surface area contributed by atoms with Crippen molar-refractivity contribution in [3.05, 3.63) is 23.5 Å². The first-order valence-electron chi connectivity index (χ1n) is 5.29. The minimum absolute atomic E-state index is 0.372. The van der Waals surface area contributed by atoms with Gasteiger partial charge in [0.1, 0.15) is 0 Å². The summed E-state index contributed by atoms with van der Waals surface area (Å²) in [6, 6.07) is 1.98. The van der Waals surface area contributed by atoms with Gasteiger partial charge in [0.2, 0.25) is 0 Å². The van der Waals surface area contributed by atoms with Crippen molar-refractivity contribution in [2.24, 2.45) is 0 Å². The Bertz CT molecular complexity index is 382. The summed E-state index contributed by atoms with van der Waals surface area (Å²) < 4.78 is 26.3. The number of anilines is 1. The number of hydrogen-bond acceptors (Lipinski definition) is 3. The molecule has 2 rings (SSSR count). The van der Waals surface area contributed by atoms with Crippen molar-refractivity contribution < 1.29 is 8.78 Å². The van der Waals surface area contributed by atoms with E-state index in [1.165, 1.54) is 0 Å². The van der Waals surface area contributed by atoms with Crippen LogP contribution >= 0.6 is 11.9 Å². The zero-order valence-electron chi connectivity index (χ0n) is 9.28. The van der Waals surface area contributed by atoms with Gasteiger partial charge < -0.3 is 4.31 Å². The van der Waals surface area contributed by atoms with Gasteiger partial charge in [-0.2, -0.15) is 8.78 Å². The molecule has 1 aromatic rings. The van der Waals surface area contributed by atoms with Crippen LogP contribution in [0.3, 0.4) is 0 Å². The van der Waals surface area contributed by atoms with Crippen LogP contribution in [0.2, 0.25) is 0 Å². The van der Waals surface area contributed by atoms with Crippen molar-refractivity contribution in [1.29, 1.82) is 0 Å². The SMILES string of the molecule is CC(C)c1cnc2c(c1)N(SC(F)F)CC2. The molecule has 5 heteroatoms. The fraction of sp³-hybridized carbons (Fsp3) is 0.545. The van der Waals surface area contributed by atoms with Gasteiger partial charge in [-0.3, -0.25) is 4.98 Å². The molecule has 0 saturated heterocycles. The van der Waals surface area contributed by atoms with Crippen LogP contribution in [-0.2, 0) is 6.42 Å². The van der Waals surface area contributed by atoms with E-state index in [1.54, 1.807) is 4.31 Å². The van der Waals surface area contributed by atoms with Crippen molar-refractivity contribution in [1.82, 2.24) is 4.98 Å². The normalized spacial score (nSPS) is 15.0. The first kappa shape index (κ1) is 11.6. The molecule has 0 N–H and O–H groups in total. The molecule has 88 valence electrons. The van der Waals surface area contributed by atoms with Crippen LogP contribution in [-0.4, -0.2) is 17.3 Å². The van der Waals surface area contributed by atoms with Crippen molar-refractivity contribution in [3.63, 3.8) is 0 Å². The molecule has 1 aliphatic rings. The van der Waals surface area contributed by atoms with Crippen LogP contribution in [0.5, 0.6) is 0 Å². The number of nitrogens with zero attached hydrogens (tertiary/aromatic N) is 2. The van der Waals surface area contributed by atoms with E-state index in [1.807, 2.05) is 12.3 Å². The van der Waals surface area contributed by atoms with Gasteiger partial charge in [-0.15, -0.1) is 0 Å². The maximum Gasteiger partial charge on any atom is 0.302 e. The molecule has 2 heterocycles. The number of aromatic nitrogens is 1. The number of hydrogen-bond donors (Lipinski definition) is 0. The largest absolute Gasteiger partial charge is 0.309 e. The Labute approximate surface area is 98.2 Å². The lowest BCUT2D eigenvalue weighted by Gasteiger charge is -2.17. The fourth-order valence-corrected chi connectivity index (χ4v) is 2.42. The molecule has 0 aliphatic carbocycles. The predicted molar refractivity (Wildman–Crippen MR) is 63.0 cm³/mol.